The van der Waals surface area contributed by atoms with Gasteiger partial charge in [-0.2, -0.15) is 0 Å². The zero-order valence-electron chi connectivity index (χ0n) is 22.0. The Morgan fingerprint density at radius 3 is 2.60 bits per heavy atom. The molecule has 1 aromatic heterocycles. The lowest BCUT2D eigenvalue weighted by molar-refractivity contribution is 0.0949. The molecule has 0 saturated heterocycles. The summed E-state index contributed by atoms with van der Waals surface area (Å²) in [6, 6.07) is 18.6. The summed E-state index contributed by atoms with van der Waals surface area (Å²) < 4.78 is 26.3. The van der Waals surface area contributed by atoms with E-state index >= 15 is 0 Å². The number of nitrogens with one attached hydrogen (secondary N) is 2. The van der Waals surface area contributed by atoms with Crippen LogP contribution in [-0.4, -0.2) is 56.5 Å². The van der Waals surface area contributed by atoms with Crippen molar-refractivity contribution in [3.8, 4) is 10.6 Å². The molecular weight excluding hydrogens is 565 g/mol. The molecule has 0 aliphatic carbocycles. The van der Waals surface area contributed by atoms with Gasteiger partial charge in [0.05, 0.1) is 27.6 Å². The highest BCUT2D eigenvalue weighted by atomic mass is 32.2. The predicted molar refractivity (Wildman–Crippen MR) is 159 cm³/mol. The average Bonchev–Trinajstić information content (AvgIpc) is 3.40. The Kier molecular flexibility index (Phi) is 8.36. The summed E-state index contributed by atoms with van der Waals surface area (Å²) in [4.78, 5) is 34.3. The number of hydrogen-bond donors (Lipinski definition) is 2. The molecule has 0 unspecified atom stereocenters. The van der Waals surface area contributed by atoms with Crippen LogP contribution in [0.1, 0.15) is 32.0 Å². The first kappa shape index (κ1) is 28.0. The Morgan fingerprint density at radius 2 is 1.82 bits per heavy atom. The van der Waals surface area contributed by atoms with E-state index in [1.165, 1.54) is 46.6 Å². The third-order valence-corrected chi connectivity index (χ3v) is 10.3. The van der Waals surface area contributed by atoms with Gasteiger partial charge in [0.1, 0.15) is 5.01 Å². The number of sulfone groups is 1. The van der Waals surface area contributed by atoms with Gasteiger partial charge in [-0.3, -0.25) is 9.59 Å². The van der Waals surface area contributed by atoms with E-state index in [9.17, 15) is 18.0 Å². The molecule has 1 aliphatic rings. The molecule has 0 spiro atoms. The highest BCUT2D eigenvalue weighted by Gasteiger charge is 2.31. The molecule has 0 radical (unpaired) electrons. The molecular formula is C29H28N4O4S3. The van der Waals surface area contributed by atoms with Crippen LogP contribution < -0.4 is 10.6 Å². The smallest absolute Gasteiger partial charge is 0.257 e. The maximum atomic E-state index is 13.2. The fourth-order valence-corrected chi connectivity index (χ4v) is 7.54. The Bertz CT molecular complexity index is 1660. The lowest BCUT2D eigenvalue weighted by Gasteiger charge is -2.10. The number of fused-ring (bicyclic) bond motifs is 2. The Hall–Kier alpha value is -3.51. The maximum absolute atomic E-state index is 13.2. The van der Waals surface area contributed by atoms with Crippen molar-refractivity contribution < 1.29 is 18.0 Å². The third kappa shape index (κ3) is 6.12. The van der Waals surface area contributed by atoms with Crippen molar-refractivity contribution in [3.05, 3.63) is 88.9 Å². The van der Waals surface area contributed by atoms with Gasteiger partial charge in [-0.1, -0.05) is 24.3 Å². The van der Waals surface area contributed by atoms with E-state index in [1.807, 2.05) is 11.8 Å². The second-order valence-corrected chi connectivity index (χ2v) is 13.7. The molecule has 206 valence electrons. The number of anilines is 1. The van der Waals surface area contributed by atoms with Gasteiger partial charge in [-0.15, -0.1) is 23.1 Å². The number of nitrogens with zero attached hydrogens (tertiary/aromatic N) is 2. The largest absolute Gasteiger partial charge is 0.347 e. The Morgan fingerprint density at radius 1 is 1.05 bits per heavy atom. The van der Waals surface area contributed by atoms with Crippen LogP contribution in [0.3, 0.4) is 0 Å². The molecule has 0 saturated carbocycles. The monoisotopic (exact) mass is 592 g/mol. The van der Waals surface area contributed by atoms with Crippen molar-refractivity contribution >= 4 is 50.4 Å². The second kappa shape index (κ2) is 11.9. The Labute approximate surface area is 241 Å². The minimum Gasteiger partial charge on any atom is -0.347 e. The standard InChI is InChI=1S/C29H28N4O4S3/c1-33(2)14-5-15-38-21-11-8-19(9-12-21)29-31-18-22(39-29)17-30-27(34)20-10-13-26-24(16-20)32-28(35)23-6-3-4-7-25(23)40(26,36)37/h3-4,6-13,16,18H,5,14-15,17H2,1-2H3,(H,30,34)(H,32,35). The van der Waals surface area contributed by atoms with Crippen LogP contribution in [0.5, 0.6) is 0 Å². The second-order valence-electron chi connectivity index (χ2n) is 9.51. The number of rotatable bonds is 9. The highest BCUT2D eigenvalue weighted by Crippen LogP contribution is 2.34. The van der Waals surface area contributed by atoms with Crippen molar-refractivity contribution in [2.75, 3.05) is 31.7 Å². The van der Waals surface area contributed by atoms with Crippen LogP contribution in [0.4, 0.5) is 5.69 Å². The molecule has 11 heteroatoms. The first-order chi connectivity index (χ1) is 19.2. The van der Waals surface area contributed by atoms with E-state index in [-0.39, 0.29) is 39.1 Å². The van der Waals surface area contributed by atoms with Gasteiger partial charge in [0.2, 0.25) is 9.84 Å². The summed E-state index contributed by atoms with van der Waals surface area (Å²) in [5, 5.41) is 6.36. The number of aromatic nitrogens is 1. The fraction of sp³-hybridized carbons (Fsp3) is 0.207. The van der Waals surface area contributed by atoms with E-state index in [4.69, 9.17) is 0 Å². The first-order valence-electron chi connectivity index (χ1n) is 12.6. The van der Waals surface area contributed by atoms with Gasteiger partial charge in [0.15, 0.2) is 0 Å². The topological polar surface area (TPSA) is 108 Å². The maximum Gasteiger partial charge on any atom is 0.257 e. The number of carbonyl (C=O) groups excluding carboxylic acids is 2. The van der Waals surface area contributed by atoms with E-state index in [0.717, 1.165) is 34.2 Å². The zero-order valence-corrected chi connectivity index (χ0v) is 24.5. The Balaban J connectivity index is 1.22. The molecule has 0 fully saturated rings. The molecule has 2 amide bonds. The van der Waals surface area contributed by atoms with Crippen molar-refractivity contribution in [1.82, 2.24) is 15.2 Å². The number of thiazole rings is 1. The lowest BCUT2D eigenvalue weighted by Crippen LogP contribution is -2.22. The molecule has 8 nitrogen and oxygen atoms in total. The minimum atomic E-state index is -3.93. The minimum absolute atomic E-state index is 0.0487. The molecule has 2 N–H and O–H groups in total. The SMILES string of the molecule is CN(C)CCCSc1ccc(-c2ncc(CNC(=O)c3ccc4c(c3)NC(=O)c3ccccc3S4(=O)=O)s2)cc1. The molecule has 5 rings (SSSR count). The quantitative estimate of drug-likeness (QED) is 0.204. The predicted octanol–water partition coefficient (Wildman–Crippen LogP) is 5.18. The molecule has 3 aromatic carbocycles. The van der Waals surface area contributed by atoms with Gasteiger partial charge >= 0.3 is 0 Å². The number of benzene rings is 3. The van der Waals surface area contributed by atoms with Crippen LogP contribution in [0, 0.1) is 0 Å². The van der Waals surface area contributed by atoms with E-state index in [0.29, 0.717) is 0 Å². The first-order valence-corrected chi connectivity index (χ1v) is 15.9. The van der Waals surface area contributed by atoms with Gasteiger partial charge in [0.25, 0.3) is 11.8 Å². The van der Waals surface area contributed by atoms with Gasteiger partial charge in [0, 0.05) is 27.1 Å². The fourth-order valence-electron chi connectivity index (χ4n) is 4.26. The number of thioether (sulfide) groups is 1. The average molecular weight is 593 g/mol. The third-order valence-electron chi connectivity index (χ3n) is 6.30. The summed E-state index contributed by atoms with van der Waals surface area (Å²) in [6.45, 7) is 1.34. The molecule has 4 aromatic rings. The number of carbonyl (C=O) groups is 2. The van der Waals surface area contributed by atoms with Crippen LogP contribution in [0.25, 0.3) is 10.6 Å². The van der Waals surface area contributed by atoms with E-state index < -0.39 is 15.7 Å². The zero-order chi connectivity index (χ0) is 28.3. The van der Waals surface area contributed by atoms with Gasteiger partial charge in [-0.05, 0) is 75.3 Å². The van der Waals surface area contributed by atoms with E-state index in [2.05, 4.69) is 58.9 Å². The number of hydrogen-bond acceptors (Lipinski definition) is 8. The van der Waals surface area contributed by atoms with Crippen molar-refractivity contribution in [2.45, 2.75) is 27.7 Å². The highest BCUT2D eigenvalue weighted by molar-refractivity contribution is 7.99. The molecule has 0 atom stereocenters. The van der Waals surface area contributed by atoms with Crippen LogP contribution >= 0.6 is 23.1 Å². The number of amides is 2. The van der Waals surface area contributed by atoms with E-state index in [1.54, 1.807) is 18.3 Å². The molecule has 0 bridgehead atoms. The molecule has 2 heterocycles. The normalized spacial score (nSPS) is 13.7. The summed E-state index contributed by atoms with van der Waals surface area (Å²) >= 11 is 3.34. The van der Waals surface area contributed by atoms with Crippen molar-refractivity contribution in [1.29, 1.82) is 0 Å². The van der Waals surface area contributed by atoms with Crippen LogP contribution in [0.15, 0.2) is 87.6 Å². The summed E-state index contributed by atoms with van der Waals surface area (Å²) in [7, 11) is 0.231. The summed E-state index contributed by atoms with van der Waals surface area (Å²) in [5.41, 5.74) is 1.40. The summed E-state index contributed by atoms with van der Waals surface area (Å²) in [6.07, 6.45) is 2.87. The van der Waals surface area contributed by atoms with Crippen molar-refractivity contribution in [2.24, 2.45) is 0 Å². The van der Waals surface area contributed by atoms with Crippen molar-refractivity contribution in [3.63, 3.8) is 0 Å². The van der Waals surface area contributed by atoms with Gasteiger partial charge < -0.3 is 15.5 Å². The molecule has 40 heavy (non-hydrogen) atoms. The summed E-state index contributed by atoms with van der Waals surface area (Å²) in [5.74, 6) is 0.143. The van der Waals surface area contributed by atoms with Crippen LogP contribution in [-0.2, 0) is 16.4 Å². The van der Waals surface area contributed by atoms with Gasteiger partial charge in [-0.25, -0.2) is 13.4 Å². The molecule has 1 aliphatic heterocycles. The van der Waals surface area contributed by atoms with Crippen LogP contribution in [0.2, 0.25) is 0 Å². The lowest BCUT2D eigenvalue weighted by atomic mass is 10.1.